The predicted molar refractivity (Wildman–Crippen MR) is 171 cm³/mol. The van der Waals surface area contributed by atoms with Crippen molar-refractivity contribution in [3.8, 4) is 0 Å². The zero-order chi connectivity index (χ0) is 33.7. The first-order chi connectivity index (χ1) is 20.8. The zero-order valence-electron chi connectivity index (χ0n) is 29.2. The van der Waals surface area contributed by atoms with E-state index in [2.05, 4.69) is 53.7 Å². The molecule has 9 atom stereocenters. The lowest BCUT2D eigenvalue weighted by atomic mass is 9.44. The fourth-order valence-electron chi connectivity index (χ4n) is 9.99. The van der Waals surface area contributed by atoms with Crippen LogP contribution in [0.5, 0.6) is 0 Å². The molecule has 4 aliphatic carbocycles. The Kier molecular flexibility index (Phi) is 9.61. The highest BCUT2D eigenvalue weighted by atomic mass is 16.6. The summed E-state index contributed by atoms with van der Waals surface area (Å²) in [5.41, 5.74) is 1.98. The van der Waals surface area contributed by atoms with Crippen LogP contribution in [0.15, 0.2) is 34.9 Å². The van der Waals surface area contributed by atoms with E-state index < -0.39 is 17.5 Å². The van der Waals surface area contributed by atoms with Crippen molar-refractivity contribution < 1.29 is 38.1 Å². The topological polar surface area (TPSA) is 105 Å². The highest BCUT2D eigenvalue weighted by Gasteiger charge is 2.68. The Morgan fingerprint density at radius 3 is 2.11 bits per heavy atom. The number of carbonyl (C=O) groups excluding carboxylic acids is 4. The molecular formula is C37H54O8. The van der Waals surface area contributed by atoms with Gasteiger partial charge in [-0.1, -0.05) is 59.8 Å². The Labute approximate surface area is 269 Å². The van der Waals surface area contributed by atoms with Crippen molar-refractivity contribution in [2.24, 2.45) is 39.4 Å². The lowest BCUT2D eigenvalue weighted by Gasteiger charge is -2.61. The first kappa shape index (κ1) is 35.0. The first-order valence-electron chi connectivity index (χ1n) is 16.5. The molecule has 45 heavy (non-hydrogen) atoms. The van der Waals surface area contributed by atoms with Gasteiger partial charge in [-0.2, -0.15) is 0 Å². The molecular weight excluding hydrogens is 572 g/mol. The highest BCUT2D eigenvalue weighted by Crippen LogP contribution is 2.72. The van der Waals surface area contributed by atoms with Gasteiger partial charge in [0.2, 0.25) is 0 Å². The molecule has 0 amide bonds. The van der Waals surface area contributed by atoms with Crippen LogP contribution >= 0.6 is 0 Å². The summed E-state index contributed by atoms with van der Waals surface area (Å²) in [6, 6.07) is 0. The van der Waals surface area contributed by atoms with E-state index in [1.807, 2.05) is 0 Å². The molecule has 0 spiro atoms. The van der Waals surface area contributed by atoms with Crippen molar-refractivity contribution in [2.75, 3.05) is 7.11 Å². The molecule has 2 fully saturated rings. The average Bonchev–Trinajstić information content (AvgIpc) is 3.17. The first-order valence-corrected chi connectivity index (χ1v) is 16.5. The molecule has 0 aromatic rings. The molecule has 0 aromatic carbocycles. The number of allylic oxidation sites excluding steroid dienone is 3. The molecule has 250 valence electrons. The van der Waals surface area contributed by atoms with Gasteiger partial charge < -0.3 is 18.9 Å². The van der Waals surface area contributed by atoms with Gasteiger partial charge in [-0.3, -0.25) is 14.4 Å². The van der Waals surface area contributed by atoms with Crippen molar-refractivity contribution in [1.82, 2.24) is 0 Å². The largest absolute Gasteiger partial charge is 0.466 e. The number of hydrogen-bond donors (Lipinski definition) is 0. The van der Waals surface area contributed by atoms with Crippen LogP contribution < -0.4 is 0 Å². The maximum Gasteiger partial charge on any atom is 0.333 e. The van der Waals surface area contributed by atoms with Gasteiger partial charge >= 0.3 is 23.9 Å². The lowest BCUT2D eigenvalue weighted by Crippen LogP contribution is -2.56. The molecule has 8 nitrogen and oxygen atoms in total. The molecule has 8 heteroatoms. The standard InChI is InChI=1S/C37H54O8/c1-21(33(41)42-11)12-14-29(43-23(3)38)22(2)28-20-32(45-25(5)40)37(10)27-13-15-30-34(6,7)31(44-24(4)39)17-18-35(30,8)26(27)16-19-36(28,37)9/h12-13,16,22,28-32H,14-15,17-20H2,1-11H3/t22-,28+,29-,30-,31+,32-,35+,36+,37+/m0/s1. The van der Waals surface area contributed by atoms with E-state index in [9.17, 15) is 19.2 Å². The highest BCUT2D eigenvalue weighted by molar-refractivity contribution is 5.87. The Bertz CT molecular complexity index is 1320. The lowest BCUT2D eigenvalue weighted by molar-refractivity contribution is -0.166. The van der Waals surface area contributed by atoms with Crippen LogP contribution in [0.1, 0.15) is 108 Å². The van der Waals surface area contributed by atoms with E-state index in [0.717, 1.165) is 25.7 Å². The third-order valence-corrected chi connectivity index (χ3v) is 12.6. The van der Waals surface area contributed by atoms with E-state index in [1.54, 1.807) is 13.0 Å². The maximum absolute atomic E-state index is 12.6. The molecule has 0 saturated heterocycles. The van der Waals surface area contributed by atoms with E-state index in [4.69, 9.17) is 18.9 Å². The van der Waals surface area contributed by atoms with Gasteiger partial charge in [0.05, 0.1) is 7.11 Å². The van der Waals surface area contributed by atoms with Gasteiger partial charge in [0.25, 0.3) is 0 Å². The normalized spacial score (nSPS) is 36.6. The molecule has 0 unspecified atom stereocenters. The summed E-state index contributed by atoms with van der Waals surface area (Å²) in [6.45, 7) is 19.6. The van der Waals surface area contributed by atoms with Crippen LogP contribution in [0.2, 0.25) is 0 Å². The maximum atomic E-state index is 12.6. The van der Waals surface area contributed by atoms with Crippen molar-refractivity contribution >= 4 is 23.9 Å². The molecule has 4 aliphatic rings. The summed E-state index contributed by atoms with van der Waals surface area (Å²) in [6.07, 6.45) is 10.0. The predicted octanol–water partition coefficient (Wildman–Crippen LogP) is 7.06. The monoisotopic (exact) mass is 626 g/mol. The minimum absolute atomic E-state index is 0.0587. The second-order valence-electron chi connectivity index (χ2n) is 15.3. The molecule has 0 N–H and O–H groups in total. The Hall–Kier alpha value is -2.90. The minimum atomic E-state index is -0.467. The zero-order valence-corrected chi connectivity index (χ0v) is 29.2. The van der Waals surface area contributed by atoms with Crippen LogP contribution in [-0.4, -0.2) is 49.3 Å². The van der Waals surface area contributed by atoms with E-state index in [1.165, 1.54) is 39.0 Å². The number of methoxy groups -OCH3 is 1. The van der Waals surface area contributed by atoms with Gasteiger partial charge in [0.15, 0.2) is 0 Å². The third-order valence-electron chi connectivity index (χ3n) is 12.6. The summed E-state index contributed by atoms with van der Waals surface area (Å²) in [5.74, 6) is -1.06. The fraction of sp³-hybridized carbons (Fsp3) is 0.730. The Morgan fingerprint density at radius 1 is 0.911 bits per heavy atom. The number of carbonyl (C=O) groups is 4. The van der Waals surface area contributed by atoms with Gasteiger partial charge in [0.1, 0.15) is 18.3 Å². The smallest absolute Gasteiger partial charge is 0.333 e. The van der Waals surface area contributed by atoms with Gasteiger partial charge in [-0.15, -0.1) is 0 Å². The summed E-state index contributed by atoms with van der Waals surface area (Å²) < 4.78 is 22.8. The molecule has 0 bridgehead atoms. The van der Waals surface area contributed by atoms with Crippen molar-refractivity contribution in [3.05, 3.63) is 34.9 Å². The summed E-state index contributed by atoms with van der Waals surface area (Å²) in [7, 11) is 1.35. The van der Waals surface area contributed by atoms with E-state index in [-0.39, 0.29) is 64.1 Å². The molecule has 0 aliphatic heterocycles. The number of esters is 4. The molecule has 0 heterocycles. The SMILES string of the molecule is COC(=O)C(C)=CC[C@H](OC(C)=O)[C@@H](C)[C@H]1C[C@H](OC(C)=O)[C@@]2(C)C3=CC[C@H]4C(C)(C)[C@H](OC(C)=O)CC[C@]4(C)C3=CC[C@]12C. The second kappa shape index (κ2) is 12.4. The van der Waals surface area contributed by atoms with Crippen LogP contribution in [0.25, 0.3) is 0 Å². The average molecular weight is 627 g/mol. The number of ether oxygens (including phenoxy) is 4. The Morgan fingerprint density at radius 2 is 1.53 bits per heavy atom. The Balaban J connectivity index is 1.77. The minimum Gasteiger partial charge on any atom is -0.466 e. The number of rotatable bonds is 8. The molecule has 4 rings (SSSR count). The quantitative estimate of drug-likeness (QED) is 0.160. The van der Waals surface area contributed by atoms with Crippen LogP contribution in [0.4, 0.5) is 0 Å². The molecule has 0 aromatic heterocycles. The van der Waals surface area contributed by atoms with Crippen LogP contribution in [0, 0.1) is 39.4 Å². The molecule has 2 saturated carbocycles. The van der Waals surface area contributed by atoms with E-state index >= 15 is 0 Å². The third kappa shape index (κ3) is 5.80. The number of hydrogen-bond acceptors (Lipinski definition) is 8. The second-order valence-corrected chi connectivity index (χ2v) is 15.3. The number of fused-ring (bicyclic) bond motifs is 5. The summed E-state index contributed by atoms with van der Waals surface area (Å²) >= 11 is 0. The van der Waals surface area contributed by atoms with E-state index in [0.29, 0.717) is 18.4 Å². The van der Waals surface area contributed by atoms with Crippen LogP contribution in [-0.2, 0) is 38.1 Å². The fourth-order valence-corrected chi connectivity index (χ4v) is 9.99. The van der Waals surface area contributed by atoms with Gasteiger partial charge in [-0.25, -0.2) is 4.79 Å². The van der Waals surface area contributed by atoms with Gasteiger partial charge in [-0.05, 0) is 78.8 Å². The van der Waals surface area contributed by atoms with Crippen molar-refractivity contribution in [3.63, 3.8) is 0 Å². The van der Waals surface area contributed by atoms with Gasteiger partial charge in [0, 0.05) is 43.6 Å². The molecule has 0 radical (unpaired) electrons. The van der Waals surface area contributed by atoms with Crippen molar-refractivity contribution in [1.29, 1.82) is 0 Å². The van der Waals surface area contributed by atoms with Crippen molar-refractivity contribution in [2.45, 2.75) is 126 Å². The summed E-state index contributed by atoms with van der Waals surface area (Å²) in [5, 5.41) is 0. The van der Waals surface area contributed by atoms with Crippen LogP contribution in [0.3, 0.4) is 0 Å². The summed E-state index contributed by atoms with van der Waals surface area (Å²) in [4.78, 5) is 48.9.